The summed E-state index contributed by atoms with van der Waals surface area (Å²) in [5.74, 6) is -0.307. The molecule has 0 radical (unpaired) electrons. The Kier molecular flexibility index (Phi) is 14.8. The molecule has 0 fully saturated rings. The molecule has 0 aromatic heterocycles. The number of amides is 2. The summed E-state index contributed by atoms with van der Waals surface area (Å²) in [7, 11) is 1.00. The molecule has 4 aromatic carbocycles. The Hall–Kier alpha value is -4.32. The van der Waals surface area contributed by atoms with Crippen LogP contribution in [0, 0.1) is 0 Å². The summed E-state index contributed by atoms with van der Waals surface area (Å²) in [4.78, 5) is 37.3. The third kappa shape index (κ3) is 11.2. The maximum atomic E-state index is 12.9. The van der Waals surface area contributed by atoms with Crippen LogP contribution in [0.1, 0.15) is 38.3 Å². The standard InChI is InChI=1S/C33H31Cl3N4O5.CH4O/c34-28-15-22(32(43)38-18-21-3-1-4-25(42)14-21)7-10-27(28)33(44)40-24(19-41)13-20-5-8-23(9-6-20)39-31-29(35)16-26(17-30(31)36)45-12-2-11-37;1-2/h1,3-10,14-17,19,24,39,42H,2,11-13,18,37H2,(H,38,43)(H,40,44);2H,1H3. The Morgan fingerprint density at radius 3 is 2.21 bits per heavy atom. The average Bonchev–Trinajstić information content (AvgIpc) is 3.06. The van der Waals surface area contributed by atoms with Gasteiger partial charge in [-0.3, -0.25) is 9.59 Å². The number of aldehydes is 1. The number of aliphatic hydroxyl groups is 1. The van der Waals surface area contributed by atoms with Gasteiger partial charge in [-0.2, -0.15) is 0 Å². The van der Waals surface area contributed by atoms with Crippen molar-refractivity contribution in [2.75, 3.05) is 25.6 Å². The maximum absolute atomic E-state index is 12.9. The van der Waals surface area contributed by atoms with E-state index in [4.69, 9.17) is 50.4 Å². The van der Waals surface area contributed by atoms with Gasteiger partial charge in [-0.25, -0.2) is 0 Å². The first kappa shape index (κ1) is 37.1. The van der Waals surface area contributed by atoms with Gasteiger partial charge < -0.3 is 41.4 Å². The minimum atomic E-state index is -0.826. The molecule has 47 heavy (non-hydrogen) atoms. The zero-order valence-electron chi connectivity index (χ0n) is 25.4. The lowest BCUT2D eigenvalue weighted by Gasteiger charge is -2.15. The van der Waals surface area contributed by atoms with Gasteiger partial charge in [0.15, 0.2) is 0 Å². The number of aromatic hydroxyl groups is 1. The van der Waals surface area contributed by atoms with Gasteiger partial charge in [-0.15, -0.1) is 0 Å². The topological polar surface area (TPSA) is 163 Å². The van der Waals surface area contributed by atoms with E-state index in [2.05, 4.69) is 16.0 Å². The van der Waals surface area contributed by atoms with Crippen LogP contribution >= 0.6 is 34.8 Å². The molecule has 0 aliphatic carbocycles. The highest BCUT2D eigenvalue weighted by atomic mass is 35.5. The number of ether oxygens (including phenoxy) is 1. The summed E-state index contributed by atoms with van der Waals surface area (Å²) in [5, 5.41) is 26.0. The molecule has 2 amide bonds. The normalized spacial score (nSPS) is 11.0. The van der Waals surface area contributed by atoms with E-state index in [9.17, 15) is 19.5 Å². The minimum Gasteiger partial charge on any atom is -0.508 e. The number of halogens is 3. The number of hydrogen-bond acceptors (Lipinski definition) is 8. The van der Waals surface area contributed by atoms with Crippen molar-refractivity contribution in [1.29, 1.82) is 0 Å². The van der Waals surface area contributed by atoms with Gasteiger partial charge in [-0.1, -0.05) is 59.1 Å². The number of rotatable bonds is 14. The van der Waals surface area contributed by atoms with Crippen molar-refractivity contribution in [2.45, 2.75) is 25.4 Å². The van der Waals surface area contributed by atoms with Crippen LogP contribution in [-0.2, 0) is 17.8 Å². The predicted molar refractivity (Wildman–Crippen MR) is 185 cm³/mol. The van der Waals surface area contributed by atoms with Gasteiger partial charge in [0.05, 0.1) is 39.0 Å². The molecule has 1 unspecified atom stereocenters. The summed E-state index contributed by atoms with van der Waals surface area (Å²) in [6, 6.07) is 20.6. The fraction of sp³-hybridized carbons (Fsp3) is 0.206. The summed E-state index contributed by atoms with van der Waals surface area (Å²) in [5.41, 5.74) is 8.62. The van der Waals surface area contributed by atoms with Crippen LogP contribution in [0.4, 0.5) is 11.4 Å². The van der Waals surface area contributed by atoms with E-state index in [1.54, 1.807) is 42.5 Å². The van der Waals surface area contributed by atoms with Gasteiger partial charge >= 0.3 is 0 Å². The first-order chi connectivity index (χ1) is 22.7. The number of nitrogens with two attached hydrogens (primary N) is 1. The van der Waals surface area contributed by atoms with Crippen LogP contribution < -0.4 is 26.4 Å². The van der Waals surface area contributed by atoms with Crippen molar-refractivity contribution < 1.29 is 29.3 Å². The van der Waals surface area contributed by atoms with E-state index in [-0.39, 0.29) is 34.9 Å². The number of carbonyl (C=O) groups is 3. The van der Waals surface area contributed by atoms with Crippen molar-refractivity contribution in [3.8, 4) is 11.5 Å². The minimum absolute atomic E-state index is 0.0602. The molecule has 0 aliphatic rings. The number of phenols is 1. The number of hydrogen-bond donors (Lipinski definition) is 6. The molecule has 0 saturated heterocycles. The molecule has 0 spiro atoms. The molecule has 4 aromatic rings. The fourth-order valence-electron chi connectivity index (χ4n) is 4.32. The number of nitrogens with one attached hydrogen (secondary N) is 3. The summed E-state index contributed by atoms with van der Waals surface area (Å²) in [6.07, 6.45) is 1.60. The van der Waals surface area contributed by atoms with Crippen LogP contribution in [0.25, 0.3) is 0 Å². The van der Waals surface area contributed by atoms with Gasteiger partial charge in [0, 0.05) is 37.0 Å². The number of phenolic OH excluding ortho intramolecular Hbond substituents is 1. The van der Waals surface area contributed by atoms with Crippen molar-refractivity contribution in [3.05, 3.63) is 116 Å². The predicted octanol–water partition coefficient (Wildman–Crippen LogP) is 5.90. The second-order valence-electron chi connectivity index (χ2n) is 10.0. The SMILES string of the molecule is CO.NCCCOc1cc(Cl)c(Nc2ccc(CC(C=O)NC(=O)c3ccc(C(=O)NCc4cccc(O)c4)cc3Cl)cc2)c(Cl)c1. The van der Waals surface area contributed by atoms with Crippen molar-refractivity contribution >= 4 is 64.3 Å². The second kappa shape index (κ2) is 18.7. The fourth-order valence-corrected chi connectivity index (χ4v) is 5.15. The molecular weight excluding hydrogens is 667 g/mol. The van der Waals surface area contributed by atoms with Crippen LogP contribution in [0.5, 0.6) is 11.5 Å². The molecule has 4 rings (SSSR count). The number of carbonyl (C=O) groups excluding carboxylic acids is 3. The Labute approximate surface area is 287 Å². The molecule has 0 aliphatic heterocycles. The largest absolute Gasteiger partial charge is 0.508 e. The Morgan fingerprint density at radius 1 is 0.894 bits per heavy atom. The number of anilines is 2. The highest BCUT2D eigenvalue weighted by Crippen LogP contribution is 2.37. The molecule has 13 heteroatoms. The summed E-state index contributed by atoms with van der Waals surface area (Å²) < 4.78 is 5.61. The van der Waals surface area contributed by atoms with Crippen LogP contribution in [0.2, 0.25) is 15.1 Å². The highest BCUT2D eigenvalue weighted by Gasteiger charge is 2.18. The van der Waals surface area contributed by atoms with Crippen molar-refractivity contribution in [3.63, 3.8) is 0 Å². The molecule has 0 heterocycles. The van der Waals surface area contributed by atoms with Gasteiger partial charge in [0.1, 0.15) is 17.8 Å². The lowest BCUT2D eigenvalue weighted by Crippen LogP contribution is -2.37. The summed E-state index contributed by atoms with van der Waals surface area (Å²) >= 11 is 19.2. The van der Waals surface area contributed by atoms with E-state index in [0.717, 1.165) is 18.2 Å². The Morgan fingerprint density at radius 2 is 1.60 bits per heavy atom. The lowest BCUT2D eigenvalue weighted by atomic mass is 10.1. The smallest absolute Gasteiger partial charge is 0.253 e. The van der Waals surface area contributed by atoms with E-state index >= 15 is 0 Å². The quantitative estimate of drug-likeness (QED) is 0.0699. The highest BCUT2D eigenvalue weighted by molar-refractivity contribution is 6.39. The van der Waals surface area contributed by atoms with Gasteiger partial charge in [-0.05, 0) is 73.0 Å². The third-order valence-electron chi connectivity index (χ3n) is 6.63. The van der Waals surface area contributed by atoms with Crippen molar-refractivity contribution in [1.82, 2.24) is 10.6 Å². The van der Waals surface area contributed by atoms with Crippen LogP contribution in [-0.4, -0.2) is 54.6 Å². The molecule has 0 saturated carbocycles. The molecule has 0 bridgehead atoms. The van der Waals surface area contributed by atoms with Gasteiger partial charge in [0.25, 0.3) is 11.8 Å². The lowest BCUT2D eigenvalue weighted by molar-refractivity contribution is -0.109. The molecule has 7 N–H and O–H groups in total. The molecule has 1 atom stereocenters. The monoisotopic (exact) mass is 700 g/mol. The Balaban J connectivity index is 0.00000294. The Bertz CT molecular complexity index is 1650. The second-order valence-corrected chi connectivity index (χ2v) is 11.3. The molecular formula is C34H35Cl3N4O6. The summed E-state index contributed by atoms with van der Waals surface area (Å²) in [6.45, 7) is 1.18. The van der Waals surface area contributed by atoms with E-state index in [0.29, 0.717) is 53.0 Å². The maximum Gasteiger partial charge on any atom is 0.253 e. The number of aliphatic hydroxyl groups excluding tert-OH is 1. The van der Waals surface area contributed by atoms with Crippen LogP contribution in [0.3, 0.4) is 0 Å². The van der Waals surface area contributed by atoms with E-state index in [1.807, 2.05) is 12.1 Å². The third-order valence-corrected chi connectivity index (χ3v) is 7.54. The van der Waals surface area contributed by atoms with Crippen LogP contribution in [0.15, 0.2) is 78.9 Å². The van der Waals surface area contributed by atoms with E-state index in [1.165, 1.54) is 24.3 Å². The van der Waals surface area contributed by atoms with Crippen molar-refractivity contribution in [2.24, 2.45) is 5.73 Å². The average molecular weight is 702 g/mol. The van der Waals surface area contributed by atoms with Gasteiger partial charge in [0.2, 0.25) is 0 Å². The van der Waals surface area contributed by atoms with E-state index < -0.39 is 17.9 Å². The number of benzene rings is 4. The first-order valence-corrected chi connectivity index (χ1v) is 15.5. The zero-order chi connectivity index (χ0) is 34.3. The zero-order valence-corrected chi connectivity index (χ0v) is 27.7. The molecule has 248 valence electrons. The first-order valence-electron chi connectivity index (χ1n) is 14.4. The molecule has 10 nitrogen and oxygen atoms in total.